The molecule has 0 amide bonds. The topological polar surface area (TPSA) is 34.1 Å². The number of hydrogen-bond donors (Lipinski definition) is 0. The van der Waals surface area contributed by atoms with Crippen molar-refractivity contribution < 1.29 is 9.59 Å². The monoisotopic (exact) mass is 302 g/mol. The summed E-state index contributed by atoms with van der Waals surface area (Å²) in [5.74, 6) is -0.577. The quantitative estimate of drug-likeness (QED) is 0.283. The number of carbonyl (C=O) groups is 2. The Morgan fingerprint density at radius 3 is 1.82 bits per heavy atom. The maximum atomic E-state index is 12.0. The van der Waals surface area contributed by atoms with Crippen molar-refractivity contribution in [3.05, 3.63) is 35.4 Å². The van der Waals surface area contributed by atoms with Crippen LogP contribution in [0.25, 0.3) is 0 Å². The Morgan fingerprint density at radius 2 is 1.27 bits per heavy atom. The molecule has 0 atom stereocenters. The summed E-state index contributed by atoms with van der Waals surface area (Å²) >= 11 is 0. The van der Waals surface area contributed by atoms with Gasteiger partial charge in [0.25, 0.3) is 0 Å². The third-order valence-corrected chi connectivity index (χ3v) is 4.07. The number of benzene rings is 1. The second kappa shape index (κ2) is 11.2. The molecule has 0 N–H and O–H groups in total. The Morgan fingerprint density at radius 1 is 0.773 bits per heavy atom. The smallest absolute Gasteiger partial charge is 0.228 e. The number of Topliss-reactive ketones (excluding diaryl/α,β-unsaturated/α-hetero) is 2. The van der Waals surface area contributed by atoms with Gasteiger partial charge in [0.2, 0.25) is 11.6 Å². The Hall–Kier alpha value is -1.44. The third kappa shape index (κ3) is 7.53. The highest BCUT2D eigenvalue weighted by molar-refractivity contribution is 6.43. The molecule has 0 saturated heterocycles. The van der Waals surface area contributed by atoms with E-state index in [1.807, 2.05) is 19.1 Å². The molecule has 0 bridgehead atoms. The third-order valence-electron chi connectivity index (χ3n) is 4.07. The van der Waals surface area contributed by atoms with Crippen LogP contribution in [-0.2, 0) is 4.79 Å². The van der Waals surface area contributed by atoms with E-state index in [1.165, 1.54) is 44.9 Å². The van der Waals surface area contributed by atoms with Gasteiger partial charge in [-0.05, 0) is 13.3 Å². The summed E-state index contributed by atoms with van der Waals surface area (Å²) in [5, 5.41) is 0. The van der Waals surface area contributed by atoms with Gasteiger partial charge in [-0.3, -0.25) is 9.59 Å². The van der Waals surface area contributed by atoms with E-state index in [0.29, 0.717) is 12.0 Å². The molecule has 122 valence electrons. The second-order valence-corrected chi connectivity index (χ2v) is 6.20. The summed E-state index contributed by atoms with van der Waals surface area (Å²) in [6, 6.07) is 7.23. The first-order valence-electron chi connectivity index (χ1n) is 8.79. The van der Waals surface area contributed by atoms with Crippen LogP contribution in [0.4, 0.5) is 0 Å². The molecule has 0 heterocycles. The first-order chi connectivity index (χ1) is 10.6. The molecule has 0 saturated carbocycles. The van der Waals surface area contributed by atoms with Crippen LogP contribution in [0.15, 0.2) is 24.3 Å². The summed E-state index contributed by atoms with van der Waals surface area (Å²) in [7, 11) is 0. The summed E-state index contributed by atoms with van der Waals surface area (Å²) in [6.45, 7) is 4.20. The van der Waals surface area contributed by atoms with Gasteiger partial charge in [0, 0.05) is 12.0 Å². The van der Waals surface area contributed by atoms with Crippen LogP contribution in [0.1, 0.15) is 87.1 Å². The molecule has 0 aliphatic rings. The lowest BCUT2D eigenvalue weighted by Gasteiger charge is -2.03. The van der Waals surface area contributed by atoms with Crippen LogP contribution in [0.2, 0.25) is 0 Å². The molecule has 0 radical (unpaired) electrons. The maximum absolute atomic E-state index is 12.0. The molecule has 0 aromatic heterocycles. The zero-order valence-electron chi connectivity index (χ0n) is 14.2. The molecule has 22 heavy (non-hydrogen) atoms. The highest BCUT2D eigenvalue weighted by atomic mass is 16.2. The molecule has 0 aliphatic carbocycles. The fourth-order valence-corrected chi connectivity index (χ4v) is 2.58. The number of ketones is 2. The van der Waals surface area contributed by atoms with Crippen molar-refractivity contribution in [3.63, 3.8) is 0 Å². The first-order valence-corrected chi connectivity index (χ1v) is 8.79. The summed E-state index contributed by atoms with van der Waals surface area (Å²) in [5.41, 5.74) is 1.62. The molecule has 0 aliphatic heterocycles. The predicted octanol–water partition coefficient (Wildman–Crippen LogP) is 5.67. The minimum Gasteiger partial charge on any atom is -0.290 e. The fourth-order valence-electron chi connectivity index (χ4n) is 2.58. The van der Waals surface area contributed by atoms with Gasteiger partial charge in [-0.1, -0.05) is 88.1 Å². The minimum atomic E-state index is -0.334. The molecule has 0 fully saturated rings. The summed E-state index contributed by atoms with van der Waals surface area (Å²) < 4.78 is 0. The normalized spacial score (nSPS) is 10.6. The van der Waals surface area contributed by atoms with Crippen molar-refractivity contribution in [2.45, 2.75) is 78.1 Å². The Balaban J connectivity index is 2.10. The molecular formula is C20H30O2. The van der Waals surface area contributed by atoms with Crippen molar-refractivity contribution in [1.29, 1.82) is 0 Å². The zero-order valence-corrected chi connectivity index (χ0v) is 14.2. The Labute approximate surface area is 135 Å². The standard InChI is InChI=1S/C20H30O2/c1-3-4-5-6-7-8-9-10-11-12-19(21)20(22)18-15-13-17(2)14-16-18/h13-16H,3-12H2,1-2H3. The SMILES string of the molecule is CCCCCCCCCCCC(=O)C(=O)c1ccc(C)cc1. The van der Waals surface area contributed by atoms with Crippen LogP contribution in [-0.4, -0.2) is 11.6 Å². The summed E-state index contributed by atoms with van der Waals surface area (Å²) in [4.78, 5) is 23.9. The average molecular weight is 302 g/mol. The highest BCUT2D eigenvalue weighted by Gasteiger charge is 2.15. The van der Waals surface area contributed by atoms with E-state index in [1.54, 1.807) is 12.1 Å². The van der Waals surface area contributed by atoms with Crippen LogP contribution < -0.4 is 0 Å². The number of rotatable bonds is 12. The van der Waals surface area contributed by atoms with E-state index in [9.17, 15) is 9.59 Å². The number of unbranched alkanes of at least 4 members (excludes halogenated alkanes) is 8. The van der Waals surface area contributed by atoms with Gasteiger partial charge >= 0.3 is 0 Å². The van der Waals surface area contributed by atoms with E-state index in [2.05, 4.69) is 6.92 Å². The molecule has 1 aromatic carbocycles. The van der Waals surface area contributed by atoms with Crippen LogP contribution >= 0.6 is 0 Å². The molecule has 2 heteroatoms. The van der Waals surface area contributed by atoms with Gasteiger partial charge < -0.3 is 0 Å². The largest absolute Gasteiger partial charge is 0.290 e. The lowest BCUT2D eigenvalue weighted by atomic mass is 10.0. The van der Waals surface area contributed by atoms with Crippen molar-refractivity contribution in [2.24, 2.45) is 0 Å². The van der Waals surface area contributed by atoms with E-state index in [0.717, 1.165) is 18.4 Å². The van der Waals surface area contributed by atoms with Crippen molar-refractivity contribution in [2.75, 3.05) is 0 Å². The first kappa shape index (κ1) is 18.6. The lowest BCUT2D eigenvalue weighted by molar-refractivity contribution is -0.115. The molecular weight excluding hydrogens is 272 g/mol. The number of hydrogen-bond acceptors (Lipinski definition) is 2. The highest BCUT2D eigenvalue weighted by Crippen LogP contribution is 2.12. The fraction of sp³-hybridized carbons (Fsp3) is 0.600. The van der Waals surface area contributed by atoms with Gasteiger partial charge in [0.1, 0.15) is 0 Å². The lowest BCUT2D eigenvalue weighted by Crippen LogP contribution is -2.13. The number of aryl methyl sites for hydroxylation is 1. The zero-order chi connectivity index (χ0) is 16.2. The Bertz CT molecular complexity index is 445. The minimum absolute atomic E-state index is 0.244. The molecule has 1 aromatic rings. The predicted molar refractivity (Wildman–Crippen MR) is 92.4 cm³/mol. The van der Waals surface area contributed by atoms with Crippen molar-refractivity contribution >= 4 is 11.6 Å². The molecule has 0 spiro atoms. The van der Waals surface area contributed by atoms with Crippen molar-refractivity contribution in [1.82, 2.24) is 0 Å². The van der Waals surface area contributed by atoms with E-state index in [4.69, 9.17) is 0 Å². The molecule has 1 rings (SSSR count). The van der Waals surface area contributed by atoms with Crippen LogP contribution in [0.5, 0.6) is 0 Å². The van der Waals surface area contributed by atoms with Gasteiger partial charge in [0.15, 0.2) is 0 Å². The van der Waals surface area contributed by atoms with Gasteiger partial charge in [-0.2, -0.15) is 0 Å². The Kier molecular flexibility index (Phi) is 9.45. The van der Waals surface area contributed by atoms with Gasteiger partial charge in [-0.25, -0.2) is 0 Å². The molecule has 0 unspecified atom stereocenters. The molecule has 2 nitrogen and oxygen atoms in total. The van der Waals surface area contributed by atoms with Crippen LogP contribution in [0, 0.1) is 6.92 Å². The maximum Gasteiger partial charge on any atom is 0.228 e. The average Bonchev–Trinajstić information content (AvgIpc) is 2.53. The van der Waals surface area contributed by atoms with E-state index >= 15 is 0 Å². The van der Waals surface area contributed by atoms with Gasteiger partial charge in [0.05, 0.1) is 0 Å². The van der Waals surface area contributed by atoms with Gasteiger partial charge in [-0.15, -0.1) is 0 Å². The van der Waals surface area contributed by atoms with Crippen LogP contribution in [0.3, 0.4) is 0 Å². The second-order valence-electron chi connectivity index (χ2n) is 6.20. The number of carbonyl (C=O) groups excluding carboxylic acids is 2. The van der Waals surface area contributed by atoms with E-state index in [-0.39, 0.29) is 11.6 Å². The summed E-state index contributed by atoms with van der Waals surface area (Å²) in [6.07, 6.45) is 11.3. The van der Waals surface area contributed by atoms with Crippen molar-refractivity contribution in [3.8, 4) is 0 Å². The van der Waals surface area contributed by atoms with E-state index < -0.39 is 0 Å².